The van der Waals surface area contributed by atoms with Crippen LogP contribution in [0, 0.1) is 11.8 Å². The summed E-state index contributed by atoms with van der Waals surface area (Å²) >= 11 is 5.83. The summed E-state index contributed by atoms with van der Waals surface area (Å²) in [5.74, 6) is 5.82. The zero-order valence-corrected chi connectivity index (χ0v) is 9.77. The molecule has 0 saturated carbocycles. The van der Waals surface area contributed by atoms with E-state index in [0.29, 0.717) is 23.7 Å². The maximum atomic E-state index is 10.6. The second-order valence-electron chi connectivity index (χ2n) is 3.31. The maximum absolute atomic E-state index is 10.6. The van der Waals surface area contributed by atoms with Gasteiger partial charge in [-0.15, -0.1) is 0 Å². The quantitative estimate of drug-likeness (QED) is 0.467. The molecule has 0 aliphatic heterocycles. The Morgan fingerprint density at radius 1 is 1.50 bits per heavy atom. The normalized spacial score (nSPS) is 9.12. The summed E-state index contributed by atoms with van der Waals surface area (Å²) in [6, 6.07) is 5.19. The number of anilines is 1. The molecule has 84 valence electrons. The molecule has 1 aromatic carbocycles. The van der Waals surface area contributed by atoms with Crippen molar-refractivity contribution in [3.63, 3.8) is 0 Å². The zero-order chi connectivity index (χ0) is 12.0. The molecule has 0 atom stereocenters. The zero-order valence-electron chi connectivity index (χ0n) is 9.01. The summed E-state index contributed by atoms with van der Waals surface area (Å²) in [5, 5.41) is 3.24. The first-order valence-electron chi connectivity index (χ1n) is 4.87. The smallest absolute Gasteiger partial charge is 0.216 e. The molecule has 0 fully saturated rings. The van der Waals surface area contributed by atoms with Gasteiger partial charge >= 0.3 is 0 Å². The Kier molecular flexibility index (Phi) is 4.68. The van der Waals surface area contributed by atoms with E-state index in [1.807, 2.05) is 0 Å². The average molecular weight is 237 g/mol. The van der Waals surface area contributed by atoms with E-state index in [1.54, 1.807) is 18.2 Å². The molecule has 1 rings (SSSR count). The number of benzene rings is 1. The van der Waals surface area contributed by atoms with Crippen molar-refractivity contribution in [3.8, 4) is 11.8 Å². The van der Waals surface area contributed by atoms with Gasteiger partial charge < -0.3 is 11.1 Å². The second-order valence-corrected chi connectivity index (χ2v) is 3.74. The molecule has 0 radical (unpaired) electrons. The highest BCUT2D eigenvalue weighted by Gasteiger charge is 1.93. The first kappa shape index (κ1) is 12.4. The molecule has 0 saturated heterocycles. The van der Waals surface area contributed by atoms with Gasteiger partial charge in [-0.1, -0.05) is 23.4 Å². The van der Waals surface area contributed by atoms with E-state index in [2.05, 4.69) is 17.2 Å². The van der Waals surface area contributed by atoms with Crippen molar-refractivity contribution in [2.24, 2.45) is 0 Å². The van der Waals surface area contributed by atoms with Crippen molar-refractivity contribution < 1.29 is 4.79 Å². The maximum Gasteiger partial charge on any atom is 0.216 e. The highest BCUT2D eigenvalue weighted by Crippen LogP contribution is 2.15. The monoisotopic (exact) mass is 236 g/mol. The Hall–Kier alpha value is -1.66. The van der Waals surface area contributed by atoms with Crippen LogP contribution >= 0.6 is 11.6 Å². The fraction of sp³-hybridized carbons (Fsp3) is 0.250. The predicted molar refractivity (Wildman–Crippen MR) is 66.0 cm³/mol. The summed E-state index contributed by atoms with van der Waals surface area (Å²) < 4.78 is 0. The van der Waals surface area contributed by atoms with Crippen LogP contribution in [-0.2, 0) is 4.79 Å². The molecule has 0 aromatic heterocycles. The minimum Gasteiger partial charge on any atom is -0.399 e. The summed E-state index contributed by atoms with van der Waals surface area (Å²) in [4.78, 5) is 10.6. The van der Waals surface area contributed by atoms with Crippen molar-refractivity contribution in [2.75, 3.05) is 12.3 Å². The number of hydrogen-bond acceptors (Lipinski definition) is 2. The van der Waals surface area contributed by atoms with Crippen LogP contribution in [0.15, 0.2) is 18.2 Å². The number of hydrogen-bond donors (Lipinski definition) is 2. The van der Waals surface area contributed by atoms with Crippen molar-refractivity contribution in [3.05, 3.63) is 28.8 Å². The molecule has 0 aliphatic carbocycles. The highest BCUT2D eigenvalue weighted by atomic mass is 35.5. The molecule has 3 N–H and O–H groups in total. The third-order valence-electron chi connectivity index (χ3n) is 1.78. The number of rotatable bonds is 2. The third kappa shape index (κ3) is 4.72. The van der Waals surface area contributed by atoms with Gasteiger partial charge in [0.25, 0.3) is 0 Å². The molecule has 0 spiro atoms. The van der Waals surface area contributed by atoms with Crippen molar-refractivity contribution in [1.29, 1.82) is 0 Å². The van der Waals surface area contributed by atoms with Gasteiger partial charge in [-0.05, 0) is 18.2 Å². The number of nitrogens with one attached hydrogen (secondary N) is 1. The van der Waals surface area contributed by atoms with Crippen LogP contribution in [0.25, 0.3) is 0 Å². The number of halogens is 1. The lowest BCUT2D eigenvalue weighted by Crippen LogP contribution is -2.20. The van der Waals surface area contributed by atoms with Gasteiger partial charge in [0.05, 0.1) is 0 Å². The number of amides is 1. The second kappa shape index (κ2) is 6.04. The van der Waals surface area contributed by atoms with Gasteiger partial charge in [-0.25, -0.2) is 0 Å². The first-order valence-corrected chi connectivity index (χ1v) is 5.25. The fourth-order valence-corrected chi connectivity index (χ4v) is 1.39. The van der Waals surface area contributed by atoms with Crippen LogP contribution in [0.4, 0.5) is 5.69 Å². The largest absolute Gasteiger partial charge is 0.399 e. The van der Waals surface area contributed by atoms with Gasteiger partial charge in [0.15, 0.2) is 0 Å². The van der Waals surface area contributed by atoms with Crippen LogP contribution < -0.4 is 11.1 Å². The molecule has 0 heterocycles. The average Bonchev–Trinajstić information content (AvgIpc) is 2.15. The lowest BCUT2D eigenvalue weighted by Gasteiger charge is -1.97. The van der Waals surface area contributed by atoms with E-state index < -0.39 is 0 Å². The third-order valence-corrected chi connectivity index (χ3v) is 2.00. The molecular weight excluding hydrogens is 224 g/mol. The molecule has 1 aromatic rings. The lowest BCUT2D eigenvalue weighted by molar-refractivity contribution is -0.118. The Morgan fingerprint density at radius 2 is 2.25 bits per heavy atom. The van der Waals surface area contributed by atoms with Crippen molar-refractivity contribution >= 4 is 23.2 Å². The van der Waals surface area contributed by atoms with Crippen LogP contribution in [0.3, 0.4) is 0 Å². The molecule has 1 amide bonds. The Morgan fingerprint density at radius 3 is 2.88 bits per heavy atom. The van der Waals surface area contributed by atoms with Crippen LogP contribution in [-0.4, -0.2) is 12.5 Å². The predicted octanol–water partition coefficient (Wildman–Crippen LogP) is 1.80. The number of nitrogen functional groups attached to an aromatic ring is 1. The molecule has 0 unspecified atom stereocenters. The standard InChI is InChI=1S/C12H13ClN2O/c1-9(16)15-5-3-2-4-10-6-11(13)8-12(14)7-10/h6-8H,3,5,14H2,1H3,(H,15,16). The Bertz CT molecular complexity index is 426. The number of carbonyl (C=O) groups is 1. The van der Waals surface area contributed by atoms with Crippen LogP contribution in [0.2, 0.25) is 5.02 Å². The summed E-state index contributed by atoms with van der Waals surface area (Å²) in [6.07, 6.45) is 0.603. The van der Waals surface area contributed by atoms with Crippen molar-refractivity contribution in [1.82, 2.24) is 5.32 Å². The summed E-state index contributed by atoms with van der Waals surface area (Å²) in [5.41, 5.74) is 7.00. The fourth-order valence-electron chi connectivity index (χ4n) is 1.15. The molecule has 0 bridgehead atoms. The van der Waals surface area contributed by atoms with Gasteiger partial charge in [-0.3, -0.25) is 4.79 Å². The minimum absolute atomic E-state index is 0.0474. The highest BCUT2D eigenvalue weighted by molar-refractivity contribution is 6.30. The van der Waals surface area contributed by atoms with E-state index >= 15 is 0 Å². The summed E-state index contributed by atoms with van der Waals surface area (Å²) in [6.45, 7) is 2.03. The summed E-state index contributed by atoms with van der Waals surface area (Å²) in [7, 11) is 0. The minimum atomic E-state index is -0.0474. The van der Waals surface area contributed by atoms with Gasteiger partial charge in [-0.2, -0.15) is 0 Å². The molecule has 3 nitrogen and oxygen atoms in total. The first-order chi connectivity index (χ1) is 7.58. The van der Waals surface area contributed by atoms with Crippen LogP contribution in [0.1, 0.15) is 18.9 Å². The van der Waals surface area contributed by atoms with Gasteiger partial charge in [0.2, 0.25) is 5.91 Å². The van der Waals surface area contributed by atoms with Gasteiger partial charge in [0.1, 0.15) is 0 Å². The SMILES string of the molecule is CC(=O)NCCC#Cc1cc(N)cc(Cl)c1. The Balaban J connectivity index is 2.53. The van der Waals surface area contributed by atoms with E-state index in [4.69, 9.17) is 17.3 Å². The molecule has 16 heavy (non-hydrogen) atoms. The number of carbonyl (C=O) groups excluding carboxylic acids is 1. The van der Waals surface area contributed by atoms with E-state index in [0.717, 1.165) is 5.56 Å². The number of nitrogens with two attached hydrogens (primary N) is 1. The molecular formula is C12H13ClN2O. The molecule has 4 heteroatoms. The topological polar surface area (TPSA) is 55.1 Å². The van der Waals surface area contributed by atoms with Gasteiger partial charge in [0, 0.05) is 36.2 Å². The van der Waals surface area contributed by atoms with Crippen molar-refractivity contribution in [2.45, 2.75) is 13.3 Å². The van der Waals surface area contributed by atoms with Crippen LogP contribution in [0.5, 0.6) is 0 Å². The lowest BCUT2D eigenvalue weighted by atomic mass is 10.2. The van der Waals surface area contributed by atoms with E-state index in [1.165, 1.54) is 6.92 Å². The Labute approximate surface area is 100.0 Å². The van der Waals surface area contributed by atoms with E-state index in [-0.39, 0.29) is 5.91 Å². The van der Waals surface area contributed by atoms with E-state index in [9.17, 15) is 4.79 Å². The molecule has 0 aliphatic rings.